The molecule has 0 saturated carbocycles. The van der Waals surface area contributed by atoms with E-state index < -0.39 is 40.8 Å². The van der Waals surface area contributed by atoms with Crippen molar-refractivity contribution in [3.05, 3.63) is 65.2 Å². The average Bonchev–Trinajstić information content (AvgIpc) is 2.54. The van der Waals surface area contributed by atoms with Gasteiger partial charge < -0.3 is 10.6 Å². The highest BCUT2D eigenvalue weighted by Gasteiger charge is 2.19. The van der Waals surface area contributed by atoms with Gasteiger partial charge in [0, 0.05) is 12.1 Å². The lowest BCUT2D eigenvalue weighted by Gasteiger charge is -2.08. The van der Waals surface area contributed by atoms with Crippen molar-refractivity contribution < 1.29 is 27.2 Å². The summed E-state index contributed by atoms with van der Waals surface area (Å²) in [5.41, 5.74) is -0.539. The van der Waals surface area contributed by atoms with Gasteiger partial charge in [-0.3, -0.25) is 9.59 Å². The second kappa shape index (κ2) is 6.91. The molecule has 2 N–H and O–H groups in total. The molecule has 2 rings (SSSR count). The topological polar surface area (TPSA) is 58.2 Å². The number of rotatable bonds is 3. The molecule has 4 nitrogen and oxygen atoms in total. The van der Waals surface area contributed by atoms with Gasteiger partial charge in [0.2, 0.25) is 0 Å². The molecule has 0 aliphatic rings. The van der Waals surface area contributed by atoms with E-state index in [0.717, 1.165) is 6.07 Å². The first kappa shape index (κ1) is 16.5. The Morgan fingerprint density at radius 1 is 0.826 bits per heavy atom. The quantitative estimate of drug-likeness (QED) is 0.517. The zero-order valence-corrected chi connectivity index (χ0v) is 11.5. The Morgan fingerprint density at radius 3 is 2.22 bits per heavy atom. The second-order valence-corrected chi connectivity index (χ2v) is 4.45. The van der Waals surface area contributed by atoms with Gasteiger partial charge in [-0.05, 0) is 18.2 Å². The summed E-state index contributed by atoms with van der Waals surface area (Å²) in [4.78, 5) is 23.1. The molecule has 0 radical (unpaired) electrons. The Hall–Kier alpha value is -2.90. The second-order valence-electron chi connectivity index (χ2n) is 4.45. The van der Waals surface area contributed by atoms with Crippen LogP contribution in [0.4, 0.5) is 23.2 Å². The fourth-order valence-electron chi connectivity index (χ4n) is 1.70. The number of carbonyl (C=O) groups excluding carboxylic acids is 2. The van der Waals surface area contributed by atoms with E-state index in [2.05, 4.69) is 5.32 Å². The zero-order valence-electron chi connectivity index (χ0n) is 11.5. The van der Waals surface area contributed by atoms with Crippen molar-refractivity contribution in [3.63, 3.8) is 0 Å². The van der Waals surface area contributed by atoms with Crippen LogP contribution in [0.15, 0.2) is 36.4 Å². The first-order valence-electron chi connectivity index (χ1n) is 6.36. The van der Waals surface area contributed by atoms with E-state index in [9.17, 15) is 27.2 Å². The standard InChI is InChI=1S/C15H10F4N2O2/c16-9-4-2-1-3-8(9)7-20-14(22)15(23)21-11-6-5-10(17)12(18)13(11)19/h1-6H,7H2,(H,20,22)(H,21,23). The highest BCUT2D eigenvalue weighted by molar-refractivity contribution is 6.39. The summed E-state index contributed by atoms with van der Waals surface area (Å²) in [6.45, 7) is -0.265. The number of anilines is 1. The Bertz CT molecular complexity index is 765. The third kappa shape index (κ3) is 3.85. The summed E-state index contributed by atoms with van der Waals surface area (Å²) in [7, 11) is 0. The molecular formula is C15H10F4N2O2. The molecule has 2 aromatic rings. The van der Waals surface area contributed by atoms with Crippen molar-refractivity contribution in [2.24, 2.45) is 0 Å². The molecular weight excluding hydrogens is 316 g/mol. The van der Waals surface area contributed by atoms with Gasteiger partial charge in [-0.15, -0.1) is 0 Å². The molecule has 0 spiro atoms. The van der Waals surface area contributed by atoms with Crippen LogP contribution in [0.5, 0.6) is 0 Å². The van der Waals surface area contributed by atoms with Crippen LogP contribution in [0, 0.1) is 23.3 Å². The van der Waals surface area contributed by atoms with Gasteiger partial charge in [0.15, 0.2) is 17.5 Å². The van der Waals surface area contributed by atoms with E-state index in [0.29, 0.717) is 6.07 Å². The highest BCUT2D eigenvalue weighted by Crippen LogP contribution is 2.19. The maximum Gasteiger partial charge on any atom is 0.313 e. The van der Waals surface area contributed by atoms with Gasteiger partial charge in [-0.25, -0.2) is 17.6 Å². The molecule has 0 atom stereocenters. The summed E-state index contributed by atoms with van der Waals surface area (Å²) in [6, 6.07) is 6.96. The number of halogens is 4. The monoisotopic (exact) mass is 326 g/mol. The van der Waals surface area contributed by atoms with Gasteiger partial charge >= 0.3 is 11.8 Å². The Morgan fingerprint density at radius 2 is 1.52 bits per heavy atom. The molecule has 0 heterocycles. The number of hydrogen-bond acceptors (Lipinski definition) is 2. The van der Waals surface area contributed by atoms with Gasteiger partial charge in [0.05, 0.1) is 5.69 Å². The third-order valence-electron chi connectivity index (χ3n) is 2.89. The minimum atomic E-state index is -1.77. The minimum absolute atomic E-state index is 0.146. The fourth-order valence-corrected chi connectivity index (χ4v) is 1.70. The molecule has 8 heteroatoms. The van der Waals surface area contributed by atoms with E-state index in [-0.39, 0.29) is 12.1 Å². The largest absolute Gasteiger partial charge is 0.344 e. The maximum absolute atomic E-state index is 13.4. The van der Waals surface area contributed by atoms with Crippen LogP contribution in [0.3, 0.4) is 0 Å². The van der Waals surface area contributed by atoms with Gasteiger partial charge in [-0.1, -0.05) is 18.2 Å². The summed E-state index contributed by atoms with van der Waals surface area (Å²) in [5, 5.41) is 3.93. The number of amides is 2. The molecule has 0 saturated heterocycles. The number of nitrogens with one attached hydrogen (secondary N) is 2. The maximum atomic E-state index is 13.4. The van der Waals surface area contributed by atoms with E-state index >= 15 is 0 Å². The third-order valence-corrected chi connectivity index (χ3v) is 2.89. The number of hydrogen-bond donors (Lipinski definition) is 2. The van der Waals surface area contributed by atoms with Crippen molar-refractivity contribution in [1.29, 1.82) is 0 Å². The van der Waals surface area contributed by atoms with E-state index in [4.69, 9.17) is 0 Å². The van der Waals surface area contributed by atoms with Crippen LogP contribution >= 0.6 is 0 Å². The number of carbonyl (C=O) groups is 2. The van der Waals surface area contributed by atoms with E-state index in [1.165, 1.54) is 18.2 Å². The van der Waals surface area contributed by atoms with Crippen LogP contribution in [0.2, 0.25) is 0 Å². The summed E-state index contributed by atoms with van der Waals surface area (Å²) in [5.74, 6) is -7.87. The van der Waals surface area contributed by atoms with Gasteiger partial charge in [0.25, 0.3) is 0 Å². The first-order chi connectivity index (χ1) is 10.9. The molecule has 0 aromatic heterocycles. The SMILES string of the molecule is O=C(NCc1ccccc1F)C(=O)Nc1ccc(F)c(F)c1F. The molecule has 0 fully saturated rings. The minimum Gasteiger partial charge on any atom is -0.344 e. The smallest absolute Gasteiger partial charge is 0.313 e. The van der Waals surface area contributed by atoms with Crippen LogP contribution in [0.1, 0.15) is 5.56 Å². The summed E-state index contributed by atoms with van der Waals surface area (Å²) >= 11 is 0. The van der Waals surface area contributed by atoms with Gasteiger partial charge in [0.1, 0.15) is 5.82 Å². The Kier molecular flexibility index (Phi) is 4.95. The first-order valence-corrected chi connectivity index (χ1v) is 6.36. The lowest BCUT2D eigenvalue weighted by Crippen LogP contribution is -2.35. The average molecular weight is 326 g/mol. The van der Waals surface area contributed by atoms with Gasteiger partial charge in [-0.2, -0.15) is 0 Å². The molecule has 2 amide bonds. The predicted octanol–water partition coefficient (Wildman–Crippen LogP) is 2.50. The summed E-state index contributed by atoms with van der Waals surface area (Å²) in [6.07, 6.45) is 0. The van der Waals surface area contributed by atoms with E-state index in [1.807, 2.05) is 0 Å². The van der Waals surface area contributed by atoms with Crippen molar-refractivity contribution >= 4 is 17.5 Å². The fraction of sp³-hybridized carbons (Fsp3) is 0.0667. The number of benzene rings is 2. The Balaban J connectivity index is 2.00. The van der Waals surface area contributed by atoms with Crippen LogP contribution in [-0.4, -0.2) is 11.8 Å². The van der Waals surface area contributed by atoms with Crippen LogP contribution in [0.25, 0.3) is 0 Å². The predicted molar refractivity (Wildman–Crippen MR) is 73.2 cm³/mol. The van der Waals surface area contributed by atoms with Crippen LogP contribution < -0.4 is 10.6 Å². The molecule has 23 heavy (non-hydrogen) atoms. The van der Waals surface area contributed by atoms with Crippen molar-refractivity contribution in [3.8, 4) is 0 Å². The summed E-state index contributed by atoms with van der Waals surface area (Å²) < 4.78 is 52.5. The lowest BCUT2D eigenvalue weighted by molar-refractivity contribution is -0.136. The highest BCUT2D eigenvalue weighted by atomic mass is 19.2. The van der Waals surface area contributed by atoms with E-state index in [1.54, 1.807) is 11.4 Å². The van der Waals surface area contributed by atoms with Crippen LogP contribution in [-0.2, 0) is 16.1 Å². The molecule has 120 valence electrons. The molecule has 0 unspecified atom stereocenters. The zero-order chi connectivity index (χ0) is 17.0. The molecule has 0 aliphatic carbocycles. The van der Waals surface area contributed by atoms with Crippen molar-refractivity contribution in [1.82, 2.24) is 5.32 Å². The Labute approximate surface area is 128 Å². The molecule has 0 aliphatic heterocycles. The molecule has 0 bridgehead atoms. The normalized spacial score (nSPS) is 10.3. The molecule has 2 aromatic carbocycles. The van der Waals surface area contributed by atoms with Crippen molar-refractivity contribution in [2.75, 3.05) is 5.32 Å². The lowest BCUT2D eigenvalue weighted by atomic mass is 10.2. The van der Waals surface area contributed by atoms with Crippen molar-refractivity contribution in [2.45, 2.75) is 6.54 Å².